The molecule has 0 radical (unpaired) electrons. The van der Waals surface area contributed by atoms with Gasteiger partial charge in [0.05, 0.1) is 16.8 Å². The van der Waals surface area contributed by atoms with Gasteiger partial charge in [-0.05, 0) is 30.2 Å². The smallest absolute Gasteiger partial charge is 0.340 e. The Balaban J connectivity index is 1.76. The van der Waals surface area contributed by atoms with Gasteiger partial charge in [-0.25, -0.2) is 9.78 Å². The van der Waals surface area contributed by atoms with Crippen LogP contribution in [0.5, 0.6) is 0 Å². The van der Waals surface area contributed by atoms with Gasteiger partial charge in [0.25, 0.3) is 0 Å². The number of benzene rings is 3. The average Bonchev–Trinajstić information content (AvgIpc) is 2.79. The summed E-state index contributed by atoms with van der Waals surface area (Å²) in [6, 6.07) is 29.3. The number of hydrogen-bond donors (Lipinski definition) is 0. The van der Waals surface area contributed by atoms with Crippen LogP contribution in [0.4, 0.5) is 0 Å². The van der Waals surface area contributed by atoms with E-state index in [1.807, 2.05) is 72.8 Å². The molecule has 3 aromatic carbocycles. The standard InChI is InChI=1S/C25H18N2O2/c1-17(16-26)29-25(28)22-15-24(27-23-10-6-5-9-21(22)23)20-13-11-19(12-14-20)18-7-3-2-4-8-18/h2-15,17H,1H3/t17-/m1/s1. The fourth-order valence-corrected chi connectivity index (χ4v) is 3.21. The third-order valence-electron chi connectivity index (χ3n) is 4.69. The maximum absolute atomic E-state index is 12.6. The molecule has 1 atom stereocenters. The van der Waals surface area contributed by atoms with Crippen molar-refractivity contribution in [1.82, 2.24) is 4.98 Å². The lowest BCUT2D eigenvalue weighted by molar-refractivity contribution is 0.0438. The first-order valence-electron chi connectivity index (χ1n) is 9.32. The molecule has 0 amide bonds. The highest BCUT2D eigenvalue weighted by atomic mass is 16.5. The van der Waals surface area contributed by atoms with E-state index in [2.05, 4.69) is 12.1 Å². The predicted molar refractivity (Wildman–Crippen MR) is 113 cm³/mol. The Kier molecular flexibility index (Phi) is 5.05. The summed E-state index contributed by atoms with van der Waals surface area (Å²) >= 11 is 0. The largest absolute Gasteiger partial charge is 0.444 e. The van der Waals surface area contributed by atoms with Crippen LogP contribution in [0.25, 0.3) is 33.3 Å². The SMILES string of the molecule is C[C@H](C#N)OC(=O)c1cc(-c2ccc(-c3ccccc3)cc2)nc2ccccc12. The number of carbonyl (C=O) groups excluding carboxylic acids is 1. The highest BCUT2D eigenvalue weighted by Crippen LogP contribution is 2.28. The van der Waals surface area contributed by atoms with E-state index in [0.29, 0.717) is 22.2 Å². The molecule has 0 fully saturated rings. The van der Waals surface area contributed by atoms with Crippen molar-refractivity contribution in [2.45, 2.75) is 13.0 Å². The molecular formula is C25H18N2O2. The zero-order valence-electron chi connectivity index (χ0n) is 15.9. The number of aromatic nitrogens is 1. The van der Waals surface area contributed by atoms with Crippen LogP contribution in [0.2, 0.25) is 0 Å². The van der Waals surface area contributed by atoms with Crippen molar-refractivity contribution < 1.29 is 9.53 Å². The van der Waals surface area contributed by atoms with Crippen LogP contribution < -0.4 is 0 Å². The van der Waals surface area contributed by atoms with Gasteiger partial charge in [0.15, 0.2) is 6.10 Å². The number of ether oxygens (including phenoxy) is 1. The molecule has 1 heterocycles. The summed E-state index contributed by atoms with van der Waals surface area (Å²) in [6.45, 7) is 1.55. The Bertz CT molecular complexity index is 1210. The van der Waals surface area contributed by atoms with E-state index in [-0.39, 0.29) is 0 Å². The second-order valence-corrected chi connectivity index (χ2v) is 6.69. The van der Waals surface area contributed by atoms with Crippen LogP contribution >= 0.6 is 0 Å². The van der Waals surface area contributed by atoms with E-state index in [0.717, 1.165) is 16.7 Å². The van der Waals surface area contributed by atoms with Gasteiger partial charge in [0.2, 0.25) is 0 Å². The first-order chi connectivity index (χ1) is 14.2. The summed E-state index contributed by atoms with van der Waals surface area (Å²) in [5.41, 5.74) is 4.93. The van der Waals surface area contributed by atoms with Crippen molar-refractivity contribution in [3.05, 3.63) is 90.5 Å². The summed E-state index contributed by atoms with van der Waals surface area (Å²) < 4.78 is 5.23. The molecule has 0 aliphatic carbocycles. The molecule has 0 saturated heterocycles. The molecule has 1 aromatic heterocycles. The third-order valence-corrected chi connectivity index (χ3v) is 4.69. The molecule has 0 saturated carbocycles. The van der Waals surface area contributed by atoms with Gasteiger partial charge in [-0.3, -0.25) is 0 Å². The maximum atomic E-state index is 12.6. The first kappa shape index (κ1) is 18.4. The van der Waals surface area contributed by atoms with E-state index in [4.69, 9.17) is 15.0 Å². The molecule has 4 heteroatoms. The number of rotatable bonds is 4. The van der Waals surface area contributed by atoms with Crippen molar-refractivity contribution in [2.24, 2.45) is 0 Å². The van der Waals surface area contributed by atoms with Crippen LogP contribution in [0.15, 0.2) is 84.9 Å². The normalized spacial score (nSPS) is 11.6. The number of nitriles is 1. The molecule has 140 valence electrons. The molecule has 0 unspecified atom stereocenters. The zero-order chi connectivity index (χ0) is 20.2. The second kappa shape index (κ2) is 7.95. The fourth-order valence-electron chi connectivity index (χ4n) is 3.21. The van der Waals surface area contributed by atoms with Gasteiger partial charge in [-0.15, -0.1) is 0 Å². The number of carbonyl (C=O) groups is 1. The minimum Gasteiger partial charge on any atom is -0.444 e. The van der Waals surface area contributed by atoms with Crippen LogP contribution in [0.1, 0.15) is 17.3 Å². The Morgan fingerprint density at radius 3 is 2.24 bits per heavy atom. The summed E-state index contributed by atoms with van der Waals surface area (Å²) in [5.74, 6) is -0.528. The first-order valence-corrected chi connectivity index (χ1v) is 9.32. The van der Waals surface area contributed by atoms with Crippen molar-refractivity contribution in [1.29, 1.82) is 5.26 Å². The maximum Gasteiger partial charge on any atom is 0.340 e. The Hall–Kier alpha value is -3.97. The van der Waals surface area contributed by atoms with Crippen molar-refractivity contribution in [3.63, 3.8) is 0 Å². The van der Waals surface area contributed by atoms with Crippen LogP contribution in [-0.4, -0.2) is 17.1 Å². The number of fused-ring (bicyclic) bond motifs is 1. The van der Waals surface area contributed by atoms with Gasteiger partial charge in [-0.2, -0.15) is 5.26 Å². The second-order valence-electron chi connectivity index (χ2n) is 6.69. The van der Waals surface area contributed by atoms with E-state index in [9.17, 15) is 4.79 Å². The topological polar surface area (TPSA) is 63.0 Å². The molecule has 4 aromatic rings. The van der Waals surface area contributed by atoms with E-state index >= 15 is 0 Å². The minimum atomic E-state index is -0.817. The minimum absolute atomic E-state index is 0.403. The Morgan fingerprint density at radius 2 is 1.52 bits per heavy atom. The van der Waals surface area contributed by atoms with Crippen LogP contribution in [-0.2, 0) is 4.74 Å². The fraction of sp³-hybridized carbons (Fsp3) is 0.0800. The summed E-state index contributed by atoms with van der Waals surface area (Å²) in [6.07, 6.45) is -0.817. The number of esters is 1. The van der Waals surface area contributed by atoms with E-state index in [1.54, 1.807) is 13.0 Å². The average molecular weight is 378 g/mol. The zero-order valence-corrected chi connectivity index (χ0v) is 15.9. The number of nitrogens with zero attached hydrogens (tertiary/aromatic N) is 2. The lowest BCUT2D eigenvalue weighted by atomic mass is 10.0. The monoisotopic (exact) mass is 378 g/mol. The number of hydrogen-bond acceptors (Lipinski definition) is 4. The highest BCUT2D eigenvalue weighted by molar-refractivity contribution is 6.04. The van der Waals surface area contributed by atoms with Gasteiger partial charge in [0, 0.05) is 10.9 Å². The van der Waals surface area contributed by atoms with E-state index in [1.165, 1.54) is 0 Å². The van der Waals surface area contributed by atoms with Crippen LogP contribution in [0.3, 0.4) is 0 Å². The van der Waals surface area contributed by atoms with Gasteiger partial charge in [0.1, 0.15) is 6.07 Å². The molecule has 0 aliphatic rings. The van der Waals surface area contributed by atoms with Crippen molar-refractivity contribution in [2.75, 3.05) is 0 Å². The quantitative estimate of drug-likeness (QED) is 0.431. The van der Waals surface area contributed by atoms with Gasteiger partial charge in [-0.1, -0.05) is 72.8 Å². The van der Waals surface area contributed by atoms with Gasteiger partial charge >= 0.3 is 5.97 Å². The lowest BCUT2D eigenvalue weighted by Gasteiger charge is -2.11. The summed E-state index contributed by atoms with van der Waals surface area (Å²) in [7, 11) is 0. The molecule has 0 bridgehead atoms. The molecule has 0 aliphatic heterocycles. The lowest BCUT2D eigenvalue weighted by Crippen LogP contribution is -2.14. The predicted octanol–water partition coefficient (Wildman–Crippen LogP) is 5.64. The molecule has 0 spiro atoms. The summed E-state index contributed by atoms with van der Waals surface area (Å²) in [5, 5.41) is 9.66. The van der Waals surface area contributed by atoms with Gasteiger partial charge < -0.3 is 4.74 Å². The highest BCUT2D eigenvalue weighted by Gasteiger charge is 2.17. The Labute approximate surface area is 169 Å². The molecule has 4 nitrogen and oxygen atoms in total. The van der Waals surface area contributed by atoms with Crippen LogP contribution in [0, 0.1) is 11.3 Å². The molecule has 0 N–H and O–H groups in total. The summed E-state index contributed by atoms with van der Waals surface area (Å²) in [4.78, 5) is 17.4. The Morgan fingerprint density at radius 1 is 0.897 bits per heavy atom. The molecular weight excluding hydrogens is 360 g/mol. The molecule has 4 rings (SSSR count). The number of para-hydroxylation sites is 1. The number of pyridine rings is 1. The third kappa shape index (κ3) is 3.85. The molecule has 29 heavy (non-hydrogen) atoms. The van der Waals surface area contributed by atoms with Crippen molar-refractivity contribution in [3.8, 4) is 28.5 Å². The van der Waals surface area contributed by atoms with Crippen molar-refractivity contribution >= 4 is 16.9 Å². The van der Waals surface area contributed by atoms with E-state index < -0.39 is 12.1 Å².